The maximum Gasteiger partial charge on any atom is 0.230 e. The van der Waals surface area contributed by atoms with Gasteiger partial charge in [-0.25, -0.2) is 19.9 Å². The predicted molar refractivity (Wildman–Crippen MR) is 104 cm³/mol. The van der Waals surface area contributed by atoms with E-state index in [9.17, 15) is 0 Å². The molecule has 0 amide bonds. The van der Waals surface area contributed by atoms with Gasteiger partial charge >= 0.3 is 0 Å². The first kappa shape index (κ1) is 18.0. The highest BCUT2D eigenvalue weighted by Crippen LogP contribution is 2.23. The molecule has 0 aliphatic heterocycles. The van der Waals surface area contributed by atoms with E-state index in [0.717, 1.165) is 10.7 Å². The lowest BCUT2D eigenvalue weighted by Gasteiger charge is -2.18. The fourth-order valence-corrected chi connectivity index (χ4v) is 3.86. The number of nitrogens with one attached hydrogen (secondary N) is 2. The Kier molecular flexibility index (Phi) is 6.52. The Morgan fingerprint density at radius 1 is 1.12 bits per heavy atom. The van der Waals surface area contributed by atoms with Gasteiger partial charge in [-0.05, 0) is 55.9 Å². The number of hydrogen-bond donors (Lipinski definition) is 2. The highest BCUT2D eigenvalue weighted by Gasteiger charge is 2.14. The number of anilines is 1. The molecule has 1 saturated carbocycles. The molecule has 0 aromatic carbocycles. The van der Waals surface area contributed by atoms with Crippen molar-refractivity contribution in [2.75, 3.05) is 5.32 Å². The summed E-state index contributed by atoms with van der Waals surface area (Å²) in [7, 11) is 0. The summed E-state index contributed by atoms with van der Waals surface area (Å²) in [5.74, 6) is 0.504. The number of rotatable bonds is 4. The summed E-state index contributed by atoms with van der Waals surface area (Å²) in [5.41, 5.74) is 0.869. The predicted octanol–water partition coefficient (Wildman–Crippen LogP) is 3.74. The zero-order chi connectivity index (χ0) is 17.5. The monoisotopic (exact) mass is 374 g/mol. The van der Waals surface area contributed by atoms with Crippen LogP contribution in [0.1, 0.15) is 44.2 Å². The Hall–Kier alpha value is -1.80. The van der Waals surface area contributed by atoms with Crippen molar-refractivity contribution in [2.45, 2.75) is 61.7 Å². The minimum Gasteiger partial charge on any atom is -0.360 e. The summed E-state index contributed by atoms with van der Waals surface area (Å²) in [4.78, 5) is 17.4. The van der Waals surface area contributed by atoms with E-state index in [-0.39, 0.29) is 0 Å². The van der Waals surface area contributed by atoms with Gasteiger partial charge in [0.2, 0.25) is 5.95 Å². The Morgan fingerprint density at radius 3 is 2.56 bits per heavy atom. The quantitative estimate of drug-likeness (QED) is 0.363. The van der Waals surface area contributed by atoms with Gasteiger partial charge in [-0.3, -0.25) is 0 Å². The molecule has 0 radical (unpaired) electrons. The number of aromatic nitrogens is 4. The molecule has 25 heavy (non-hydrogen) atoms. The van der Waals surface area contributed by atoms with Gasteiger partial charge in [-0.15, -0.1) is 0 Å². The summed E-state index contributed by atoms with van der Waals surface area (Å²) in [5, 5.41) is 8.56. The van der Waals surface area contributed by atoms with Crippen LogP contribution >= 0.6 is 24.0 Å². The molecule has 132 valence electrons. The molecule has 0 unspecified atom stereocenters. The van der Waals surface area contributed by atoms with E-state index in [0.29, 0.717) is 22.3 Å². The molecule has 0 spiro atoms. The first-order valence-electron chi connectivity index (χ1n) is 8.57. The third-order valence-electron chi connectivity index (χ3n) is 3.98. The SMILES string of the molecule is Cc1cc(Sc2ncccn2)nc(NC(=S)NC2CCCCCC2)n1. The molecule has 8 heteroatoms. The van der Waals surface area contributed by atoms with Crippen molar-refractivity contribution in [2.24, 2.45) is 0 Å². The number of hydrogen-bond acceptors (Lipinski definition) is 6. The Balaban J connectivity index is 1.62. The van der Waals surface area contributed by atoms with Crippen LogP contribution in [0.4, 0.5) is 5.95 Å². The first-order valence-corrected chi connectivity index (χ1v) is 9.79. The molecule has 6 nitrogen and oxygen atoms in total. The summed E-state index contributed by atoms with van der Waals surface area (Å²) >= 11 is 6.85. The van der Waals surface area contributed by atoms with Gasteiger partial charge in [0.15, 0.2) is 10.3 Å². The van der Waals surface area contributed by atoms with Crippen LogP contribution in [-0.4, -0.2) is 31.1 Å². The van der Waals surface area contributed by atoms with Crippen LogP contribution in [0.2, 0.25) is 0 Å². The number of nitrogens with zero attached hydrogens (tertiary/aromatic N) is 4. The third kappa shape index (κ3) is 5.89. The fraction of sp³-hybridized carbons (Fsp3) is 0.471. The molecule has 2 heterocycles. The molecule has 1 fully saturated rings. The van der Waals surface area contributed by atoms with Gasteiger partial charge in [0.05, 0.1) is 0 Å². The van der Waals surface area contributed by atoms with Gasteiger partial charge < -0.3 is 10.6 Å². The molecule has 1 aliphatic carbocycles. The average molecular weight is 375 g/mol. The van der Waals surface area contributed by atoms with Crippen molar-refractivity contribution in [3.63, 3.8) is 0 Å². The van der Waals surface area contributed by atoms with E-state index >= 15 is 0 Å². The first-order chi connectivity index (χ1) is 12.2. The van der Waals surface area contributed by atoms with Crippen molar-refractivity contribution >= 4 is 35.0 Å². The smallest absolute Gasteiger partial charge is 0.230 e. The van der Waals surface area contributed by atoms with Crippen molar-refractivity contribution in [3.05, 3.63) is 30.2 Å². The second-order valence-corrected chi connectivity index (χ2v) is 7.49. The second kappa shape index (κ2) is 9.05. The van der Waals surface area contributed by atoms with Crippen LogP contribution in [0.5, 0.6) is 0 Å². The van der Waals surface area contributed by atoms with Gasteiger partial charge in [0.1, 0.15) is 5.03 Å². The summed E-state index contributed by atoms with van der Waals surface area (Å²) in [6, 6.07) is 4.15. The minimum absolute atomic E-state index is 0.443. The van der Waals surface area contributed by atoms with E-state index in [4.69, 9.17) is 12.2 Å². The highest BCUT2D eigenvalue weighted by molar-refractivity contribution is 7.99. The van der Waals surface area contributed by atoms with Gasteiger partial charge in [-0.2, -0.15) is 0 Å². The fourth-order valence-electron chi connectivity index (χ4n) is 2.83. The van der Waals surface area contributed by atoms with Crippen molar-refractivity contribution in [1.29, 1.82) is 0 Å². The van der Waals surface area contributed by atoms with Crippen LogP contribution in [0.15, 0.2) is 34.7 Å². The standard InChI is InChI=1S/C17H22N6S2/c1-12-11-14(25-17-18-9-6-10-19-17)22-15(20-12)23-16(24)21-13-7-4-2-3-5-8-13/h6,9-11,13H,2-5,7-8H2,1H3,(H2,20,21,22,23,24). The summed E-state index contributed by atoms with van der Waals surface area (Å²) in [6.45, 7) is 1.94. The molecular formula is C17H22N6S2. The van der Waals surface area contributed by atoms with Crippen LogP contribution < -0.4 is 10.6 Å². The van der Waals surface area contributed by atoms with E-state index in [1.54, 1.807) is 18.5 Å². The van der Waals surface area contributed by atoms with Crippen molar-refractivity contribution in [1.82, 2.24) is 25.3 Å². The molecule has 0 bridgehead atoms. The Labute approximate surface area is 157 Å². The second-order valence-electron chi connectivity index (χ2n) is 6.09. The molecule has 1 aliphatic rings. The molecule has 3 rings (SSSR count). The zero-order valence-electron chi connectivity index (χ0n) is 14.2. The van der Waals surface area contributed by atoms with Gasteiger partial charge in [-0.1, -0.05) is 25.7 Å². The lowest BCUT2D eigenvalue weighted by Crippen LogP contribution is -2.37. The minimum atomic E-state index is 0.443. The highest BCUT2D eigenvalue weighted by atomic mass is 32.2. The van der Waals surface area contributed by atoms with E-state index < -0.39 is 0 Å². The van der Waals surface area contributed by atoms with E-state index in [1.165, 1.54) is 50.3 Å². The van der Waals surface area contributed by atoms with Crippen LogP contribution in [0.3, 0.4) is 0 Å². The van der Waals surface area contributed by atoms with Crippen LogP contribution in [-0.2, 0) is 0 Å². The van der Waals surface area contributed by atoms with Gasteiger partial charge in [0, 0.05) is 24.1 Å². The largest absolute Gasteiger partial charge is 0.360 e. The number of thiocarbonyl (C=S) groups is 1. The van der Waals surface area contributed by atoms with Crippen LogP contribution in [0, 0.1) is 6.92 Å². The molecule has 0 atom stereocenters. The summed E-state index contributed by atoms with van der Waals surface area (Å²) < 4.78 is 0. The lowest BCUT2D eigenvalue weighted by molar-refractivity contribution is 0.535. The summed E-state index contributed by atoms with van der Waals surface area (Å²) in [6.07, 6.45) is 10.9. The Bertz CT molecular complexity index is 702. The lowest BCUT2D eigenvalue weighted by atomic mass is 10.1. The van der Waals surface area contributed by atoms with E-state index in [1.807, 2.05) is 13.0 Å². The maximum absolute atomic E-state index is 5.44. The van der Waals surface area contributed by atoms with E-state index in [2.05, 4.69) is 30.6 Å². The molecule has 2 aromatic heterocycles. The molecule has 2 aromatic rings. The van der Waals surface area contributed by atoms with Crippen molar-refractivity contribution < 1.29 is 0 Å². The molecular weight excluding hydrogens is 352 g/mol. The van der Waals surface area contributed by atoms with Gasteiger partial charge in [0.25, 0.3) is 0 Å². The maximum atomic E-state index is 5.44. The zero-order valence-corrected chi connectivity index (χ0v) is 15.9. The molecule has 0 saturated heterocycles. The topological polar surface area (TPSA) is 75.6 Å². The van der Waals surface area contributed by atoms with Crippen molar-refractivity contribution in [3.8, 4) is 0 Å². The average Bonchev–Trinajstić information content (AvgIpc) is 2.83. The molecule has 2 N–H and O–H groups in total. The third-order valence-corrected chi connectivity index (χ3v) is 5.02. The number of aryl methyl sites for hydroxylation is 1. The normalized spacial score (nSPS) is 15.4. The van der Waals surface area contributed by atoms with Crippen LogP contribution in [0.25, 0.3) is 0 Å². The Morgan fingerprint density at radius 2 is 1.84 bits per heavy atom.